The lowest BCUT2D eigenvalue weighted by atomic mass is 9.99. The molecule has 0 saturated carbocycles. The van der Waals surface area contributed by atoms with Gasteiger partial charge in [0, 0.05) is 81.1 Å². The first-order valence-electron chi connectivity index (χ1n) is 44.1. The van der Waals surface area contributed by atoms with Crippen LogP contribution < -0.4 is 20.0 Å². The summed E-state index contributed by atoms with van der Waals surface area (Å²) in [4.78, 5) is 6.28. The zero-order chi connectivity index (χ0) is 89.8. The van der Waals surface area contributed by atoms with Crippen molar-refractivity contribution in [2.75, 3.05) is 20.0 Å². The van der Waals surface area contributed by atoms with Gasteiger partial charge in [-0.3, -0.25) is 0 Å². The predicted octanol–water partition coefficient (Wildman–Crippen LogP) is 33.5. The van der Waals surface area contributed by atoms with Crippen LogP contribution in [0.4, 0.5) is 62.6 Å². The van der Waals surface area contributed by atoms with E-state index in [1.54, 1.807) is 0 Å². The second-order valence-electron chi connectivity index (χ2n) is 27.1. The molecule has 0 aromatic heterocycles. The summed E-state index contributed by atoms with van der Waals surface area (Å²) in [5.74, 6) is 0. The van der Waals surface area contributed by atoms with E-state index in [0.717, 1.165) is 105 Å². The molecule has 0 amide bonds. The number of fused-ring (bicyclic) bond motifs is 2. The van der Waals surface area contributed by atoms with E-state index >= 15 is 0 Å². The second kappa shape index (κ2) is 38.0. The monoisotopic (exact) mass is 1710 g/mol. The van der Waals surface area contributed by atoms with E-state index in [1.807, 2.05) is 266 Å². The van der Waals surface area contributed by atoms with E-state index in [1.165, 1.54) is 10.8 Å². The number of hydrogen-bond donors (Lipinski definition) is 1. The van der Waals surface area contributed by atoms with E-state index < -0.39 is 0 Å². The van der Waals surface area contributed by atoms with E-state index in [2.05, 4.69) is 215 Å². The Bertz CT molecular complexity index is 6970. The van der Waals surface area contributed by atoms with Crippen LogP contribution in [-0.2, 0) is 0 Å². The Hall–Kier alpha value is -13.7. The quantitative estimate of drug-likeness (QED) is 0.0981. The SMILES string of the molecule is [2H]c1c([2H])c(-c2ccc(-c3ccc(Br)cc3)cc2)c([2H])c([2H])c1Br.[2H]c1c([2H])c(-c2ccc(-c3ccc(N(c4ccccc4)c4ccccc4)cc3)cc2)c([2H])c([2H])c1Br.[2H]c1c([2H])c(N(c2ccccc2)c2cccc3ccccc23)c([2H])c([2H])c1-c1ccc(-c2ccc(N(c3ccccc3)c3ccccc3)cc2)cc1.c1ccc(Nc2cccc3ccccc23)cc1. The molecule has 0 radical (unpaired) electrons. The standard InChI is InChI=1S/C46H34N2.C30H22BrN.C18H12Br2.C16H13N/c1-4-15-40(16-5-1)47(41-17-6-2-7-18-41)43-31-27-37(28-32-43)35-23-25-36(26-24-35)38-29-33-44(34-30-38)48(42-19-8-3-9-20-42)46-22-12-14-39-13-10-11-21-45(39)46;31-27-19-15-25(16-20-27)23-11-13-24(14-12-23)26-17-21-30(22-18-26)32(28-7-3-1-4-8-28)29-9-5-2-6-10-29;19-17-9-5-15(6-10-17)13-1-2-14(4-3-13)16-7-11-18(20)12-8-16;1-2-9-14(10-3-1)17-16-12-6-8-13-7-4-5-11-15(13)16/h1-34H;1-22H;1-12H;1-12,17H/i29D,30D,33D,34D;15D,16D,19D,20D;5D,6D,9D,10D;. The van der Waals surface area contributed by atoms with Crippen LogP contribution in [0.3, 0.4) is 0 Å². The van der Waals surface area contributed by atoms with Gasteiger partial charge in [-0.15, -0.1) is 0 Å². The van der Waals surface area contributed by atoms with Crippen LogP contribution in [0.5, 0.6) is 0 Å². The summed E-state index contributed by atoms with van der Waals surface area (Å²) in [5.41, 5.74) is 19.4. The highest BCUT2D eigenvalue weighted by Gasteiger charge is 2.18. The largest absolute Gasteiger partial charge is 0.355 e. The van der Waals surface area contributed by atoms with Crippen LogP contribution in [0.25, 0.3) is 88.3 Å². The number of anilines is 11. The molecular weight excluding hydrogens is 1620 g/mol. The topological polar surface area (TPSA) is 21.8 Å². The summed E-state index contributed by atoms with van der Waals surface area (Å²) in [5, 5.41) is 7.92. The maximum Gasteiger partial charge on any atom is 0.0645 e. The van der Waals surface area contributed by atoms with Crippen molar-refractivity contribution in [1.29, 1.82) is 0 Å². The zero-order valence-electron chi connectivity index (χ0n) is 75.2. The highest BCUT2D eigenvalue weighted by atomic mass is 79.9. The lowest BCUT2D eigenvalue weighted by Crippen LogP contribution is -2.10. The van der Waals surface area contributed by atoms with Crippen molar-refractivity contribution in [3.63, 3.8) is 0 Å². The van der Waals surface area contributed by atoms with Gasteiger partial charge in [0.2, 0.25) is 0 Å². The molecule has 1 N–H and O–H groups in total. The minimum Gasteiger partial charge on any atom is -0.355 e. The average molecular weight is 1710 g/mol. The number of nitrogens with one attached hydrogen (secondary N) is 1. The summed E-state index contributed by atoms with van der Waals surface area (Å²) in [6.07, 6.45) is 0. The Labute approximate surface area is 728 Å². The number of benzene rings is 19. The van der Waals surface area contributed by atoms with Crippen molar-refractivity contribution < 1.29 is 16.4 Å². The maximum atomic E-state index is 9.28. The van der Waals surface area contributed by atoms with Gasteiger partial charge in [-0.2, -0.15) is 0 Å². The van der Waals surface area contributed by atoms with Gasteiger partial charge in [0.15, 0.2) is 0 Å². The Morgan fingerprint density at radius 2 is 0.436 bits per heavy atom. The van der Waals surface area contributed by atoms with Crippen LogP contribution in [0.1, 0.15) is 16.4 Å². The van der Waals surface area contributed by atoms with Gasteiger partial charge in [-0.1, -0.05) is 375 Å². The maximum absolute atomic E-state index is 9.28. The van der Waals surface area contributed by atoms with Gasteiger partial charge >= 0.3 is 0 Å². The Balaban J connectivity index is 0.000000137. The molecule has 4 nitrogen and oxygen atoms in total. The third-order valence-electron chi connectivity index (χ3n) is 19.6. The lowest BCUT2D eigenvalue weighted by molar-refractivity contribution is 1.28. The van der Waals surface area contributed by atoms with Gasteiger partial charge in [0.25, 0.3) is 0 Å². The molecule has 0 atom stereocenters. The van der Waals surface area contributed by atoms with Crippen LogP contribution in [0.15, 0.2) is 498 Å². The summed E-state index contributed by atoms with van der Waals surface area (Å²) in [7, 11) is 0. The molecule has 0 aliphatic carbocycles. The molecule has 562 valence electrons. The molecule has 7 heteroatoms. The minimum atomic E-state index is -0.103. The smallest absolute Gasteiger partial charge is 0.0645 e. The number of nitrogens with zero attached hydrogens (tertiary/aromatic N) is 3. The third-order valence-corrected chi connectivity index (χ3v) is 20.9. The average Bonchev–Trinajstić information content (AvgIpc) is 0.737. The third kappa shape index (κ3) is 19.4. The first kappa shape index (κ1) is 63.7. The van der Waals surface area contributed by atoms with E-state index in [0.29, 0.717) is 27.8 Å². The molecule has 0 bridgehead atoms. The molecule has 0 heterocycles. The van der Waals surface area contributed by atoms with Gasteiger partial charge in [0.1, 0.15) is 0 Å². The molecule has 19 rings (SSSR count). The van der Waals surface area contributed by atoms with Crippen molar-refractivity contribution in [3.05, 3.63) is 498 Å². The first-order valence-corrected chi connectivity index (χ1v) is 40.5. The highest BCUT2D eigenvalue weighted by Crippen LogP contribution is 2.42. The highest BCUT2D eigenvalue weighted by molar-refractivity contribution is 9.11. The fourth-order valence-corrected chi connectivity index (χ4v) is 14.4. The van der Waals surface area contributed by atoms with Crippen LogP contribution in [-0.4, -0.2) is 0 Å². The minimum absolute atomic E-state index is 0.0423. The Kier molecular flexibility index (Phi) is 20.7. The zero-order valence-corrected chi connectivity index (χ0v) is 68.0. The molecule has 0 unspecified atom stereocenters. The van der Waals surface area contributed by atoms with Crippen molar-refractivity contribution in [2.45, 2.75) is 0 Å². The van der Waals surface area contributed by atoms with Crippen LogP contribution in [0.2, 0.25) is 0 Å². The number of hydrogen-bond acceptors (Lipinski definition) is 4. The molecule has 19 aromatic carbocycles. The van der Waals surface area contributed by atoms with Gasteiger partial charge in [-0.05, 0) is 235 Å². The molecule has 0 fully saturated rings. The summed E-state index contributed by atoms with van der Waals surface area (Å²) < 4.78 is 103. The van der Waals surface area contributed by atoms with E-state index in [-0.39, 0.29) is 92.7 Å². The first-order chi connectivity index (χ1) is 62.8. The van der Waals surface area contributed by atoms with E-state index in [9.17, 15) is 5.48 Å². The van der Waals surface area contributed by atoms with E-state index in [4.69, 9.17) is 11.0 Å². The van der Waals surface area contributed by atoms with Crippen molar-refractivity contribution in [2.24, 2.45) is 0 Å². The molecule has 0 aliphatic heterocycles. The second-order valence-corrected chi connectivity index (χ2v) is 29.6. The van der Waals surface area contributed by atoms with Crippen molar-refractivity contribution in [1.82, 2.24) is 0 Å². The molecule has 0 aliphatic rings. The summed E-state index contributed by atoms with van der Waals surface area (Å²) in [6, 6.07) is 136. The summed E-state index contributed by atoms with van der Waals surface area (Å²) >= 11 is 9.69. The Morgan fingerprint density at radius 3 is 0.803 bits per heavy atom. The normalized spacial score (nSPS) is 12.1. The van der Waals surface area contributed by atoms with Crippen LogP contribution >= 0.6 is 47.8 Å². The number of halogens is 3. The van der Waals surface area contributed by atoms with Crippen LogP contribution in [0, 0.1) is 0 Å². The lowest BCUT2D eigenvalue weighted by Gasteiger charge is -2.27. The van der Waals surface area contributed by atoms with Crippen molar-refractivity contribution in [3.8, 4) is 66.8 Å². The van der Waals surface area contributed by atoms with Crippen molar-refractivity contribution >= 4 is 132 Å². The van der Waals surface area contributed by atoms with Gasteiger partial charge in [-0.25, -0.2) is 0 Å². The fourth-order valence-electron chi connectivity index (χ4n) is 13.8. The summed E-state index contributed by atoms with van der Waals surface area (Å²) in [6.45, 7) is 0. The molecular formula is C110H81Br3N4. The molecule has 0 spiro atoms. The van der Waals surface area contributed by atoms with Gasteiger partial charge < -0.3 is 20.0 Å². The number of para-hydroxylation sites is 6. The number of rotatable bonds is 17. The Morgan fingerprint density at radius 1 is 0.179 bits per heavy atom. The van der Waals surface area contributed by atoms with Gasteiger partial charge in [0.05, 0.1) is 22.1 Å². The molecule has 117 heavy (non-hydrogen) atoms. The molecule has 19 aromatic rings. The predicted molar refractivity (Wildman–Crippen MR) is 510 cm³/mol. The molecule has 0 saturated heterocycles. The fraction of sp³-hybridized carbons (Fsp3) is 0.